The number of likely N-dealkylation sites (tertiary alicyclic amines) is 1. The maximum absolute atomic E-state index is 13.4. The predicted molar refractivity (Wildman–Crippen MR) is 94.3 cm³/mol. The van der Waals surface area contributed by atoms with Gasteiger partial charge < -0.3 is 9.80 Å². The largest absolute Gasteiger partial charge is 0.343 e. The molecule has 0 atom stereocenters. The smallest absolute Gasteiger partial charge is 0.229 e. The summed E-state index contributed by atoms with van der Waals surface area (Å²) in [4.78, 5) is 29.0. The minimum atomic E-state index is -0.340. The molecule has 1 saturated heterocycles. The van der Waals surface area contributed by atoms with Crippen molar-refractivity contribution < 1.29 is 9.59 Å². The minimum Gasteiger partial charge on any atom is -0.343 e. The molecule has 2 amide bonds. The van der Waals surface area contributed by atoms with E-state index in [0.29, 0.717) is 25.6 Å². The van der Waals surface area contributed by atoms with Gasteiger partial charge in [0.05, 0.1) is 5.41 Å². The van der Waals surface area contributed by atoms with E-state index in [9.17, 15) is 9.59 Å². The lowest BCUT2D eigenvalue weighted by Crippen LogP contribution is -2.51. The first kappa shape index (κ1) is 17.0. The lowest BCUT2D eigenvalue weighted by atomic mass is 9.73. The summed E-state index contributed by atoms with van der Waals surface area (Å²) in [6, 6.07) is 8.45. The normalized spacial score (nSPS) is 20.2. The van der Waals surface area contributed by atoms with Crippen LogP contribution in [0.2, 0.25) is 0 Å². The SMILES string of the molecule is CC(=O)N1CCC2(CC1)Cc1ccccc1CN(CC(C)C)C2=O. The molecular weight excluding hydrogens is 300 g/mol. The van der Waals surface area contributed by atoms with E-state index in [4.69, 9.17) is 0 Å². The van der Waals surface area contributed by atoms with Crippen LogP contribution in [-0.4, -0.2) is 41.2 Å². The molecule has 0 N–H and O–H groups in total. The van der Waals surface area contributed by atoms with Gasteiger partial charge in [0, 0.05) is 33.1 Å². The van der Waals surface area contributed by atoms with Crippen molar-refractivity contribution in [3.63, 3.8) is 0 Å². The van der Waals surface area contributed by atoms with Crippen molar-refractivity contribution in [1.29, 1.82) is 0 Å². The highest BCUT2D eigenvalue weighted by Crippen LogP contribution is 2.40. The second kappa shape index (κ2) is 6.58. The molecule has 2 heterocycles. The average Bonchev–Trinajstić information content (AvgIpc) is 2.64. The van der Waals surface area contributed by atoms with Gasteiger partial charge in [-0.25, -0.2) is 0 Å². The van der Waals surface area contributed by atoms with Gasteiger partial charge in [-0.1, -0.05) is 38.1 Å². The fourth-order valence-corrected chi connectivity index (χ4v) is 4.17. The maximum atomic E-state index is 13.4. The van der Waals surface area contributed by atoms with Gasteiger partial charge >= 0.3 is 0 Å². The van der Waals surface area contributed by atoms with Crippen LogP contribution in [0.3, 0.4) is 0 Å². The van der Waals surface area contributed by atoms with Crippen molar-refractivity contribution in [2.24, 2.45) is 11.3 Å². The van der Waals surface area contributed by atoms with Gasteiger partial charge in [0.1, 0.15) is 0 Å². The van der Waals surface area contributed by atoms with Crippen LogP contribution in [0.5, 0.6) is 0 Å². The van der Waals surface area contributed by atoms with Gasteiger partial charge in [-0.05, 0) is 36.3 Å². The summed E-state index contributed by atoms with van der Waals surface area (Å²) in [6.45, 7) is 8.84. The number of rotatable bonds is 2. The fourth-order valence-electron chi connectivity index (χ4n) is 4.17. The molecule has 0 saturated carbocycles. The van der Waals surface area contributed by atoms with Gasteiger partial charge in [-0.3, -0.25) is 9.59 Å². The summed E-state index contributed by atoms with van der Waals surface area (Å²) in [7, 11) is 0. The zero-order valence-electron chi connectivity index (χ0n) is 15.0. The highest BCUT2D eigenvalue weighted by atomic mass is 16.2. The first-order valence-corrected chi connectivity index (χ1v) is 9.03. The van der Waals surface area contributed by atoms with Gasteiger partial charge in [-0.2, -0.15) is 0 Å². The number of carbonyl (C=O) groups is 2. The van der Waals surface area contributed by atoms with Gasteiger partial charge in [0.2, 0.25) is 11.8 Å². The number of hydrogen-bond acceptors (Lipinski definition) is 2. The molecule has 4 heteroatoms. The number of nitrogens with zero attached hydrogens (tertiary/aromatic N) is 2. The molecule has 4 nitrogen and oxygen atoms in total. The predicted octanol–water partition coefficient (Wildman–Crippen LogP) is 2.86. The van der Waals surface area contributed by atoms with Crippen LogP contribution < -0.4 is 0 Å². The number of carbonyl (C=O) groups excluding carboxylic acids is 2. The van der Waals surface area contributed by atoms with Gasteiger partial charge in [0.25, 0.3) is 0 Å². The van der Waals surface area contributed by atoms with Crippen molar-refractivity contribution in [2.45, 2.75) is 46.6 Å². The van der Waals surface area contributed by atoms with Crippen LogP contribution in [0.4, 0.5) is 0 Å². The Morgan fingerprint density at radius 2 is 1.79 bits per heavy atom. The lowest BCUT2D eigenvalue weighted by molar-refractivity contribution is -0.148. The maximum Gasteiger partial charge on any atom is 0.229 e. The second-order valence-corrected chi connectivity index (χ2v) is 7.81. The van der Waals surface area contributed by atoms with Crippen molar-refractivity contribution >= 4 is 11.8 Å². The molecule has 1 fully saturated rings. The highest BCUT2D eigenvalue weighted by molar-refractivity contribution is 5.84. The monoisotopic (exact) mass is 328 g/mol. The Morgan fingerprint density at radius 3 is 2.38 bits per heavy atom. The first-order valence-electron chi connectivity index (χ1n) is 9.03. The van der Waals surface area contributed by atoms with Crippen LogP contribution in [0.1, 0.15) is 44.7 Å². The molecule has 0 aliphatic carbocycles. The van der Waals surface area contributed by atoms with Crippen LogP contribution in [0.15, 0.2) is 24.3 Å². The summed E-state index contributed by atoms with van der Waals surface area (Å²) in [6.07, 6.45) is 2.35. The third-order valence-electron chi connectivity index (χ3n) is 5.50. The summed E-state index contributed by atoms with van der Waals surface area (Å²) in [5, 5.41) is 0. The Morgan fingerprint density at radius 1 is 1.17 bits per heavy atom. The van der Waals surface area contributed by atoms with Crippen LogP contribution >= 0.6 is 0 Å². The second-order valence-electron chi connectivity index (χ2n) is 7.81. The Hall–Kier alpha value is -1.84. The topological polar surface area (TPSA) is 40.6 Å². The Labute approximate surface area is 144 Å². The van der Waals surface area contributed by atoms with E-state index in [1.807, 2.05) is 4.90 Å². The van der Waals surface area contributed by atoms with Crippen molar-refractivity contribution in [2.75, 3.05) is 19.6 Å². The number of benzene rings is 1. The van der Waals surface area contributed by atoms with E-state index in [-0.39, 0.29) is 17.2 Å². The summed E-state index contributed by atoms with van der Waals surface area (Å²) < 4.78 is 0. The molecule has 2 aliphatic rings. The van der Waals surface area contributed by atoms with E-state index in [0.717, 1.165) is 25.8 Å². The van der Waals surface area contributed by atoms with E-state index in [1.54, 1.807) is 6.92 Å². The van der Waals surface area contributed by atoms with E-state index in [1.165, 1.54) is 11.1 Å². The molecule has 2 aliphatic heterocycles. The molecule has 130 valence electrons. The van der Waals surface area contributed by atoms with E-state index >= 15 is 0 Å². The number of amides is 2. The minimum absolute atomic E-state index is 0.116. The van der Waals surface area contributed by atoms with Gasteiger partial charge in [0.15, 0.2) is 0 Å². The van der Waals surface area contributed by atoms with Crippen molar-refractivity contribution in [3.05, 3.63) is 35.4 Å². The Balaban J connectivity index is 1.93. The summed E-state index contributed by atoms with van der Waals surface area (Å²) in [5.41, 5.74) is 2.23. The molecule has 1 spiro atoms. The third kappa shape index (κ3) is 3.19. The summed E-state index contributed by atoms with van der Waals surface area (Å²) in [5.74, 6) is 0.856. The molecule has 1 aromatic carbocycles. The molecule has 0 radical (unpaired) electrons. The molecule has 0 bridgehead atoms. The number of fused-ring (bicyclic) bond motifs is 1. The Kier molecular flexibility index (Phi) is 4.66. The molecule has 1 aromatic rings. The van der Waals surface area contributed by atoms with Crippen molar-refractivity contribution in [3.8, 4) is 0 Å². The number of hydrogen-bond donors (Lipinski definition) is 0. The zero-order valence-corrected chi connectivity index (χ0v) is 15.0. The first-order chi connectivity index (χ1) is 11.4. The molecule has 3 rings (SSSR count). The van der Waals surface area contributed by atoms with E-state index < -0.39 is 0 Å². The highest BCUT2D eigenvalue weighted by Gasteiger charge is 2.45. The summed E-state index contributed by atoms with van der Waals surface area (Å²) >= 11 is 0. The standard InChI is InChI=1S/C20H28N2O2/c1-15(2)13-22-14-18-7-5-4-6-17(18)12-20(19(22)24)8-10-21(11-9-20)16(3)23/h4-7,15H,8-14H2,1-3H3. The van der Waals surface area contributed by atoms with Crippen LogP contribution in [0.25, 0.3) is 0 Å². The third-order valence-corrected chi connectivity index (χ3v) is 5.50. The quantitative estimate of drug-likeness (QED) is 0.837. The lowest BCUT2D eigenvalue weighted by Gasteiger charge is -2.42. The van der Waals surface area contributed by atoms with E-state index in [2.05, 4.69) is 43.0 Å². The average molecular weight is 328 g/mol. The fraction of sp³-hybridized carbons (Fsp3) is 0.600. The van der Waals surface area contributed by atoms with Gasteiger partial charge in [-0.15, -0.1) is 0 Å². The molecular formula is C20H28N2O2. The molecule has 0 unspecified atom stereocenters. The van der Waals surface area contributed by atoms with Crippen LogP contribution in [0, 0.1) is 11.3 Å². The zero-order chi connectivity index (χ0) is 17.3. The number of piperidine rings is 1. The Bertz CT molecular complexity index is 630. The molecule has 0 aromatic heterocycles. The van der Waals surface area contributed by atoms with Crippen molar-refractivity contribution in [1.82, 2.24) is 9.80 Å². The van der Waals surface area contributed by atoms with Crippen LogP contribution in [-0.2, 0) is 22.6 Å². The molecule has 24 heavy (non-hydrogen) atoms.